The Labute approximate surface area is 119 Å². The summed E-state index contributed by atoms with van der Waals surface area (Å²) in [5.41, 5.74) is -0.110. The van der Waals surface area contributed by atoms with Crippen LogP contribution >= 0.6 is 0 Å². The van der Waals surface area contributed by atoms with Gasteiger partial charge in [0.25, 0.3) is 0 Å². The number of cyclic esters (lactones) is 1. The molecule has 1 aliphatic rings. The van der Waals surface area contributed by atoms with Crippen LogP contribution in [0.25, 0.3) is 6.08 Å². The Balaban J connectivity index is 2.05. The number of alkyl halides is 3. The summed E-state index contributed by atoms with van der Waals surface area (Å²) in [6.07, 6.45) is 0.0596. The molecule has 0 fully saturated rings. The molecule has 21 heavy (non-hydrogen) atoms. The van der Waals surface area contributed by atoms with Crippen LogP contribution in [0.15, 0.2) is 42.2 Å². The molecular formula is C15H13F3O3. The van der Waals surface area contributed by atoms with E-state index in [1.165, 1.54) is 25.3 Å². The second-order valence-electron chi connectivity index (χ2n) is 4.47. The summed E-state index contributed by atoms with van der Waals surface area (Å²) in [7, 11) is 1.46. The van der Waals surface area contributed by atoms with Gasteiger partial charge in [-0.05, 0) is 23.8 Å². The van der Waals surface area contributed by atoms with Gasteiger partial charge in [-0.15, -0.1) is 0 Å². The van der Waals surface area contributed by atoms with Gasteiger partial charge >= 0.3 is 12.1 Å². The van der Waals surface area contributed by atoms with Crippen molar-refractivity contribution in [2.75, 3.05) is 7.11 Å². The van der Waals surface area contributed by atoms with Crippen LogP contribution in [0.4, 0.5) is 13.2 Å². The molecule has 0 amide bonds. The van der Waals surface area contributed by atoms with Crippen LogP contribution in [0.5, 0.6) is 0 Å². The van der Waals surface area contributed by atoms with Crippen LogP contribution < -0.4 is 0 Å². The number of rotatable bonds is 3. The van der Waals surface area contributed by atoms with Crippen LogP contribution in [0.1, 0.15) is 17.5 Å². The van der Waals surface area contributed by atoms with Crippen LogP contribution in [0, 0.1) is 0 Å². The van der Waals surface area contributed by atoms with E-state index in [2.05, 4.69) is 0 Å². The molecule has 0 saturated carbocycles. The van der Waals surface area contributed by atoms with Crippen molar-refractivity contribution in [3.05, 3.63) is 53.3 Å². The molecule has 1 unspecified atom stereocenters. The first-order valence-electron chi connectivity index (χ1n) is 6.19. The first kappa shape index (κ1) is 15.2. The van der Waals surface area contributed by atoms with Crippen molar-refractivity contribution in [3.63, 3.8) is 0 Å². The Bertz CT molecular complexity index is 571. The second kappa shape index (κ2) is 6.03. The van der Waals surface area contributed by atoms with Gasteiger partial charge in [0.1, 0.15) is 11.9 Å². The number of hydrogen-bond donors (Lipinski definition) is 0. The monoisotopic (exact) mass is 298 g/mol. The van der Waals surface area contributed by atoms with Gasteiger partial charge in [0.15, 0.2) is 0 Å². The van der Waals surface area contributed by atoms with E-state index in [1.54, 1.807) is 12.2 Å². The Hall–Kier alpha value is -2.24. The summed E-state index contributed by atoms with van der Waals surface area (Å²) in [4.78, 5) is 11.3. The largest absolute Gasteiger partial charge is 0.501 e. The fourth-order valence-electron chi connectivity index (χ4n) is 1.86. The van der Waals surface area contributed by atoms with E-state index >= 15 is 0 Å². The summed E-state index contributed by atoms with van der Waals surface area (Å²) in [5.74, 6) is 0.00786. The smallest absolute Gasteiger partial charge is 0.416 e. The maximum Gasteiger partial charge on any atom is 0.416 e. The van der Waals surface area contributed by atoms with Crippen molar-refractivity contribution >= 4 is 12.0 Å². The highest BCUT2D eigenvalue weighted by atomic mass is 19.4. The highest BCUT2D eigenvalue weighted by Crippen LogP contribution is 2.29. The molecule has 112 valence electrons. The van der Waals surface area contributed by atoms with Crippen molar-refractivity contribution < 1.29 is 27.4 Å². The van der Waals surface area contributed by atoms with E-state index in [4.69, 9.17) is 9.47 Å². The Morgan fingerprint density at radius 1 is 1.29 bits per heavy atom. The van der Waals surface area contributed by atoms with Crippen molar-refractivity contribution in [1.82, 2.24) is 0 Å². The molecule has 0 radical (unpaired) electrons. The van der Waals surface area contributed by atoms with Gasteiger partial charge in [-0.25, -0.2) is 4.79 Å². The summed E-state index contributed by atoms with van der Waals surface area (Å²) in [6, 6.07) is 4.73. The first-order valence-corrected chi connectivity index (χ1v) is 6.19. The van der Waals surface area contributed by atoms with E-state index in [9.17, 15) is 18.0 Å². The summed E-state index contributed by atoms with van der Waals surface area (Å²) >= 11 is 0. The average Bonchev–Trinajstić information content (AvgIpc) is 2.44. The zero-order chi connectivity index (χ0) is 15.5. The van der Waals surface area contributed by atoms with Crippen molar-refractivity contribution in [2.45, 2.75) is 18.7 Å². The molecule has 0 N–H and O–H groups in total. The predicted molar refractivity (Wildman–Crippen MR) is 70.1 cm³/mol. The molecule has 1 atom stereocenters. The third-order valence-corrected chi connectivity index (χ3v) is 2.95. The fourth-order valence-corrected chi connectivity index (χ4v) is 1.86. The summed E-state index contributed by atoms with van der Waals surface area (Å²) < 4.78 is 47.3. The average molecular weight is 298 g/mol. The molecular weight excluding hydrogens is 285 g/mol. The SMILES string of the molecule is COC1=CC(=O)OC(C=Cc2ccc(C(F)(F)F)cc2)C1. The Morgan fingerprint density at radius 2 is 1.95 bits per heavy atom. The number of benzene rings is 1. The van der Waals surface area contributed by atoms with Crippen LogP contribution in [0.3, 0.4) is 0 Å². The van der Waals surface area contributed by atoms with E-state index in [0.29, 0.717) is 17.7 Å². The molecule has 0 aromatic heterocycles. The normalized spacial score (nSPS) is 19.3. The molecule has 6 heteroatoms. The number of esters is 1. The lowest BCUT2D eigenvalue weighted by molar-refractivity contribution is -0.143. The molecule has 0 spiro atoms. The van der Waals surface area contributed by atoms with E-state index in [0.717, 1.165) is 12.1 Å². The maximum atomic E-state index is 12.4. The predicted octanol–water partition coefficient (Wildman–Crippen LogP) is 3.56. The zero-order valence-corrected chi connectivity index (χ0v) is 11.2. The number of ether oxygens (including phenoxy) is 2. The lowest BCUT2D eigenvalue weighted by Crippen LogP contribution is -2.21. The highest BCUT2D eigenvalue weighted by Gasteiger charge is 2.29. The standard InChI is InChI=1S/C15H13F3O3/c1-20-13-8-12(21-14(19)9-13)7-4-10-2-5-11(6-3-10)15(16,17)18/h2-7,9,12H,8H2,1H3. The molecule has 2 rings (SSSR count). The molecule has 0 aliphatic carbocycles. The van der Waals surface area contributed by atoms with Gasteiger partial charge in [0, 0.05) is 6.42 Å². The van der Waals surface area contributed by atoms with Crippen molar-refractivity contribution in [3.8, 4) is 0 Å². The van der Waals surface area contributed by atoms with E-state index < -0.39 is 23.8 Å². The Morgan fingerprint density at radius 3 is 2.52 bits per heavy atom. The molecule has 3 nitrogen and oxygen atoms in total. The fraction of sp³-hybridized carbons (Fsp3) is 0.267. The van der Waals surface area contributed by atoms with Crippen LogP contribution in [-0.4, -0.2) is 19.2 Å². The minimum Gasteiger partial charge on any atom is -0.501 e. The number of carbonyl (C=O) groups excluding carboxylic acids is 1. The zero-order valence-electron chi connectivity index (χ0n) is 11.2. The Kier molecular flexibility index (Phi) is 4.35. The number of carbonyl (C=O) groups is 1. The summed E-state index contributed by atoms with van der Waals surface area (Å²) in [5, 5.41) is 0. The second-order valence-corrected chi connectivity index (χ2v) is 4.47. The van der Waals surface area contributed by atoms with Gasteiger partial charge in [-0.3, -0.25) is 0 Å². The van der Waals surface area contributed by atoms with Gasteiger partial charge in [0.2, 0.25) is 0 Å². The maximum absolute atomic E-state index is 12.4. The van der Waals surface area contributed by atoms with Crippen molar-refractivity contribution in [2.24, 2.45) is 0 Å². The molecule has 1 aliphatic heterocycles. The van der Waals surface area contributed by atoms with Gasteiger partial charge in [-0.1, -0.05) is 18.2 Å². The first-order chi connectivity index (χ1) is 9.88. The molecule has 0 bridgehead atoms. The minimum absolute atomic E-state index is 0.402. The quantitative estimate of drug-likeness (QED) is 0.800. The number of hydrogen-bond acceptors (Lipinski definition) is 3. The van der Waals surface area contributed by atoms with Crippen molar-refractivity contribution in [1.29, 1.82) is 0 Å². The molecule has 1 aromatic carbocycles. The van der Waals surface area contributed by atoms with Gasteiger partial charge < -0.3 is 9.47 Å². The number of halogens is 3. The minimum atomic E-state index is -4.35. The number of methoxy groups -OCH3 is 1. The topological polar surface area (TPSA) is 35.5 Å². The highest BCUT2D eigenvalue weighted by molar-refractivity contribution is 5.83. The third kappa shape index (κ3) is 4.11. The lowest BCUT2D eigenvalue weighted by atomic mass is 10.1. The van der Waals surface area contributed by atoms with Gasteiger partial charge in [-0.2, -0.15) is 13.2 Å². The van der Waals surface area contributed by atoms with E-state index in [-0.39, 0.29) is 0 Å². The van der Waals surface area contributed by atoms with Gasteiger partial charge in [0.05, 0.1) is 18.7 Å². The van der Waals surface area contributed by atoms with Crippen LogP contribution in [0.2, 0.25) is 0 Å². The molecule has 1 heterocycles. The summed E-state index contributed by atoms with van der Waals surface area (Å²) in [6.45, 7) is 0. The molecule has 1 aromatic rings. The molecule has 0 saturated heterocycles. The van der Waals surface area contributed by atoms with Crippen LogP contribution in [-0.2, 0) is 20.4 Å². The third-order valence-electron chi connectivity index (χ3n) is 2.95. The lowest BCUT2D eigenvalue weighted by Gasteiger charge is -2.19. The van der Waals surface area contributed by atoms with E-state index in [1.807, 2.05) is 0 Å².